The van der Waals surface area contributed by atoms with E-state index in [1.165, 1.54) is 6.07 Å². The third-order valence-corrected chi connectivity index (χ3v) is 2.11. The molecule has 15 heavy (non-hydrogen) atoms. The Kier molecular flexibility index (Phi) is 3.43. The lowest BCUT2D eigenvalue weighted by Gasteiger charge is -2.11. The summed E-state index contributed by atoms with van der Waals surface area (Å²) >= 11 is 0. The second-order valence-electron chi connectivity index (χ2n) is 3.31. The van der Waals surface area contributed by atoms with Crippen LogP contribution in [0.15, 0.2) is 12.1 Å². The number of nitrogens with one attached hydrogen (secondary N) is 1. The summed E-state index contributed by atoms with van der Waals surface area (Å²) in [5, 5.41) is 13.6. The molecule has 0 aliphatic carbocycles. The highest BCUT2D eigenvalue weighted by Crippen LogP contribution is 2.21. The highest BCUT2D eigenvalue weighted by atomic mass is 16.6. The van der Waals surface area contributed by atoms with Gasteiger partial charge in [0.25, 0.3) is 0 Å². The summed E-state index contributed by atoms with van der Waals surface area (Å²) in [7, 11) is 0. The maximum atomic E-state index is 10.5. The molecule has 82 valence electrons. The zero-order valence-electron chi connectivity index (χ0n) is 8.73. The molecular weight excluding hydrogens is 196 g/mol. The second-order valence-corrected chi connectivity index (χ2v) is 3.31. The average molecular weight is 210 g/mol. The third-order valence-electron chi connectivity index (χ3n) is 2.11. The van der Waals surface area contributed by atoms with E-state index in [0.29, 0.717) is 5.82 Å². The molecule has 1 rings (SSSR count). The van der Waals surface area contributed by atoms with E-state index in [-0.39, 0.29) is 17.5 Å². The average Bonchev–Trinajstić information content (AvgIpc) is 2.17. The summed E-state index contributed by atoms with van der Waals surface area (Å²) in [4.78, 5) is 13.8. The number of rotatable bonds is 4. The third kappa shape index (κ3) is 2.80. The van der Waals surface area contributed by atoms with Crippen LogP contribution in [0.5, 0.6) is 0 Å². The van der Waals surface area contributed by atoms with Gasteiger partial charge in [-0.05, 0) is 19.4 Å². The van der Waals surface area contributed by atoms with Crippen molar-refractivity contribution in [1.82, 2.24) is 4.98 Å². The van der Waals surface area contributed by atoms with E-state index in [1.54, 1.807) is 6.07 Å². The van der Waals surface area contributed by atoms with Crippen LogP contribution in [0.3, 0.4) is 0 Å². The Bertz CT molecular complexity index is 367. The quantitative estimate of drug-likeness (QED) is 0.583. The number of aromatic nitrogens is 1. The maximum absolute atomic E-state index is 10.5. The summed E-state index contributed by atoms with van der Waals surface area (Å²) in [5.41, 5.74) is 5.28. The molecule has 1 heterocycles. The van der Waals surface area contributed by atoms with Crippen LogP contribution in [0.2, 0.25) is 0 Å². The molecule has 0 fully saturated rings. The molecule has 0 spiro atoms. The predicted molar refractivity (Wildman–Crippen MR) is 58.7 cm³/mol. The van der Waals surface area contributed by atoms with Crippen LogP contribution in [0.4, 0.5) is 17.3 Å². The lowest BCUT2D eigenvalue weighted by atomic mass is 10.2. The Labute approximate surface area is 87.7 Å². The van der Waals surface area contributed by atoms with E-state index >= 15 is 0 Å². The topological polar surface area (TPSA) is 94.1 Å². The molecule has 3 N–H and O–H groups in total. The minimum absolute atomic E-state index is 0.0618. The molecule has 0 aromatic carbocycles. The van der Waals surface area contributed by atoms with Crippen LogP contribution in [-0.4, -0.2) is 15.9 Å². The molecule has 0 saturated carbocycles. The van der Waals surface area contributed by atoms with E-state index in [9.17, 15) is 10.1 Å². The fraction of sp³-hybridized carbons (Fsp3) is 0.444. The highest BCUT2D eigenvalue weighted by Gasteiger charge is 2.13. The normalized spacial score (nSPS) is 12.1. The summed E-state index contributed by atoms with van der Waals surface area (Å²) in [6.45, 7) is 4.03. The van der Waals surface area contributed by atoms with Crippen molar-refractivity contribution in [3.05, 3.63) is 22.2 Å². The molecule has 1 unspecified atom stereocenters. The van der Waals surface area contributed by atoms with Gasteiger partial charge in [0, 0.05) is 12.1 Å². The summed E-state index contributed by atoms with van der Waals surface area (Å²) in [6.07, 6.45) is 0.943. The summed E-state index contributed by atoms with van der Waals surface area (Å²) in [6, 6.07) is 3.17. The molecule has 0 bridgehead atoms. The Hall–Kier alpha value is -1.85. The van der Waals surface area contributed by atoms with Gasteiger partial charge in [-0.15, -0.1) is 0 Å². The van der Waals surface area contributed by atoms with Crippen LogP contribution in [0, 0.1) is 10.1 Å². The predicted octanol–water partition coefficient (Wildman–Crippen LogP) is 1.78. The largest absolute Gasteiger partial charge is 0.378 e. The van der Waals surface area contributed by atoms with Gasteiger partial charge in [-0.25, -0.2) is 4.98 Å². The first-order chi connectivity index (χ1) is 7.04. The number of nitro groups is 1. The summed E-state index contributed by atoms with van der Waals surface area (Å²) < 4.78 is 0. The van der Waals surface area contributed by atoms with E-state index in [2.05, 4.69) is 10.3 Å². The molecule has 6 nitrogen and oxygen atoms in total. The highest BCUT2D eigenvalue weighted by molar-refractivity contribution is 5.57. The van der Waals surface area contributed by atoms with Gasteiger partial charge in [0.05, 0.1) is 4.92 Å². The molecule has 0 aliphatic rings. The van der Waals surface area contributed by atoms with Gasteiger partial charge in [0.1, 0.15) is 5.82 Å². The van der Waals surface area contributed by atoms with Gasteiger partial charge in [-0.1, -0.05) is 6.92 Å². The summed E-state index contributed by atoms with van der Waals surface area (Å²) in [5.74, 6) is 0.501. The van der Waals surface area contributed by atoms with Gasteiger partial charge in [-0.3, -0.25) is 10.1 Å². The fourth-order valence-corrected chi connectivity index (χ4v) is 1.06. The second kappa shape index (κ2) is 4.59. The van der Waals surface area contributed by atoms with Crippen molar-refractivity contribution in [2.45, 2.75) is 26.3 Å². The molecule has 6 heteroatoms. The van der Waals surface area contributed by atoms with Crippen molar-refractivity contribution in [1.29, 1.82) is 0 Å². The SMILES string of the molecule is CCC(C)Nc1ccc([N+](=O)[O-])c(N)n1. The van der Waals surface area contributed by atoms with Gasteiger partial charge >= 0.3 is 5.69 Å². The lowest BCUT2D eigenvalue weighted by molar-refractivity contribution is -0.384. The molecule has 1 aromatic heterocycles. The van der Waals surface area contributed by atoms with E-state index in [4.69, 9.17) is 5.73 Å². The first kappa shape index (κ1) is 11.2. The van der Waals surface area contributed by atoms with Crippen LogP contribution >= 0.6 is 0 Å². The first-order valence-corrected chi connectivity index (χ1v) is 4.72. The van der Waals surface area contributed by atoms with Gasteiger partial charge in [0.15, 0.2) is 0 Å². The van der Waals surface area contributed by atoms with E-state index < -0.39 is 4.92 Å². The number of hydrogen-bond donors (Lipinski definition) is 2. The van der Waals surface area contributed by atoms with Crippen LogP contribution < -0.4 is 11.1 Å². The standard InChI is InChI=1S/C9H14N4O2/c1-3-6(2)11-8-5-4-7(13(14)15)9(10)12-8/h4-6H,3H2,1-2H3,(H3,10,11,12). The minimum Gasteiger partial charge on any atom is -0.378 e. The van der Waals surface area contributed by atoms with Crippen molar-refractivity contribution in [2.75, 3.05) is 11.1 Å². The van der Waals surface area contributed by atoms with E-state index in [0.717, 1.165) is 6.42 Å². The molecule has 1 atom stereocenters. The van der Waals surface area contributed by atoms with Crippen molar-refractivity contribution < 1.29 is 4.92 Å². The Morgan fingerprint density at radius 1 is 1.67 bits per heavy atom. The first-order valence-electron chi connectivity index (χ1n) is 4.72. The molecule has 0 aliphatic heterocycles. The van der Waals surface area contributed by atoms with Crippen molar-refractivity contribution in [3.63, 3.8) is 0 Å². The minimum atomic E-state index is -0.546. The van der Waals surface area contributed by atoms with Crippen LogP contribution in [-0.2, 0) is 0 Å². The molecule has 0 saturated heterocycles. The monoisotopic (exact) mass is 210 g/mol. The number of anilines is 2. The number of hydrogen-bond acceptors (Lipinski definition) is 5. The lowest BCUT2D eigenvalue weighted by Crippen LogP contribution is -2.15. The Balaban J connectivity index is 2.87. The number of nitrogen functional groups attached to an aromatic ring is 1. The van der Waals surface area contributed by atoms with Crippen LogP contribution in [0.25, 0.3) is 0 Å². The fourth-order valence-electron chi connectivity index (χ4n) is 1.06. The Morgan fingerprint density at radius 2 is 2.33 bits per heavy atom. The van der Waals surface area contributed by atoms with Gasteiger partial charge < -0.3 is 11.1 Å². The number of nitrogens with zero attached hydrogens (tertiary/aromatic N) is 2. The van der Waals surface area contributed by atoms with Crippen LogP contribution in [0.1, 0.15) is 20.3 Å². The molecular formula is C9H14N4O2. The smallest absolute Gasteiger partial charge is 0.311 e. The van der Waals surface area contributed by atoms with Gasteiger partial charge in [0.2, 0.25) is 5.82 Å². The van der Waals surface area contributed by atoms with E-state index in [1.807, 2.05) is 13.8 Å². The Morgan fingerprint density at radius 3 is 2.80 bits per heavy atom. The van der Waals surface area contributed by atoms with Crippen molar-refractivity contribution in [3.8, 4) is 0 Å². The molecule has 0 amide bonds. The molecule has 0 radical (unpaired) electrons. The molecule has 1 aromatic rings. The number of nitrogens with two attached hydrogens (primary N) is 1. The number of pyridine rings is 1. The van der Waals surface area contributed by atoms with Gasteiger partial charge in [-0.2, -0.15) is 0 Å². The maximum Gasteiger partial charge on any atom is 0.311 e. The zero-order valence-corrected chi connectivity index (χ0v) is 8.73. The zero-order chi connectivity index (χ0) is 11.4. The van der Waals surface area contributed by atoms with Crippen molar-refractivity contribution in [2.24, 2.45) is 0 Å². The van der Waals surface area contributed by atoms with Crippen molar-refractivity contribution >= 4 is 17.3 Å².